The Labute approximate surface area is 104 Å². The summed E-state index contributed by atoms with van der Waals surface area (Å²) in [4.78, 5) is 0.0970. The lowest BCUT2D eigenvalue weighted by atomic mass is 10.3. The minimum atomic E-state index is -3.52. The molecule has 16 heavy (non-hydrogen) atoms. The normalized spacial score (nSPS) is 11.3. The summed E-state index contributed by atoms with van der Waals surface area (Å²) >= 11 is 3.22. The third kappa shape index (κ3) is 3.33. The van der Waals surface area contributed by atoms with Gasteiger partial charge in [-0.1, -0.05) is 22.0 Å². The van der Waals surface area contributed by atoms with E-state index in [0.717, 1.165) is 4.47 Å². The Morgan fingerprint density at radius 2 is 2.19 bits per heavy atom. The highest BCUT2D eigenvalue weighted by Gasteiger charge is 2.16. The number of anilines is 1. The van der Waals surface area contributed by atoms with Gasteiger partial charge in [0.1, 0.15) is 4.90 Å². The number of nitrogens with one attached hydrogen (secondary N) is 1. The van der Waals surface area contributed by atoms with Crippen LogP contribution in [0.1, 0.15) is 6.42 Å². The molecule has 0 bridgehead atoms. The van der Waals surface area contributed by atoms with Gasteiger partial charge in [0.05, 0.1) is 5.69 Å². The van der Waals surface area contributed by atoms with E-state index in [4.69, 9.17) is 5.73 Å². The molecule has 0 aliphatic rings. The standard InChI is InChI=1S/C10H13BrN2O2S/c1-2-3-6-13-16(14,15)10-5-4-8(11)7-9(10)12/h2,4-5,7,13H,1,3,6,12H2. The molecule has 0 saturated heterocycles. The van der Waals surface area contributed by atoms with Crippen molar-refractivity contribution in [1.82, 2.24) is 4.72 Å². The van der Waals surface area contributed by atoms with Crippen LogP contribution in [0.15, 0.2) is 40.2 Å². The van der Waals surface area contributed by atoms with Crippen LogP contribution in [0.2, 0.25) is 0 Å². The van der Waals surface area contributed by atoms with E-state index < -0.39 is 10.0 Å². The molecule has 0 saturated carbocycles. The van der Waals surface area contributed by atoms with E-state index in [-0.39, 0.29) is 10.6 Å². The lowest BCUT2D eigenvalue weighted by Crippen LogP contribution is -2.25. The first-order valence-corrected chi connectivity index (χ1v) is 6.90. The fourth-order valence-electron chi connectivity index (χ4n) is 1.14. The summed E-state index contributed by atoms with van der Waals surface area (Å²) in [6, 6.07) is 4.66. The fourth-order valence-corrected chi connectivity index (χ4v) is 2.67. The zero-order valence-corrected chi connectivity index (χ0v) is 11.0. The first-order valence-electron chi connectivity index (χ1n) is 4.63. The molecule has 0 spiro atoms. The van der Waals surface area contributed by atoms with Crippen LogP contribution in [0.5, 0.6) is 0 Å². The van der Waals surface area contributed by atoms with Gasteiger partial charge in [-0.25, -0.2) is 13.1 Å². The van der Waals surface area contributed by atoms with Crippen molar-refractivity contribution >= 4 is 31.6 Å². The molecule has 3 N–H and O–H groups in total. The van der Waals surface area contributed by atoms with E-state index in [2.05, 4.69) is 27.2 Å². The summed E-state index contributed by atoms with van der Waals surface area (Å²) in [5.74, 6) is 0. The van der Waals surface area contributed by atoms with Crippen molar-refractivity contribution in [3.63, 3.8) is 0 Å². The maximum Gasteiger partial charge on any atom is 0.242 e. The minimum absolute atomic E-state index is 0.0970. The number of nitrogen functional groups attached to an aromatic ring is 1. The highest BCUT2D eigenvalue weighted by atomic mass is 79.9. The van der Waals surface area contributed by atoms with Crippen molar-refractivity contribution in [2.75, 3.05) is 12.3 Å². The van der Waals surface area contributed by atoms with Gasteiger partial charge in [-0.3, -0.25) is 0 Å². The topological polar surface area (TPSA) is 72.2 Å². The van der Waals surface area contributed by atoms with Crippen LogP contribution < -0.4 is 10.5 Å². The van der Waals surface area contributed by atoms with E-state index in [1.165, 1.54) is 6.07 Å². The zero-order chi connectivity index (χ0) is 12.2. The lowest BCUT2D eigenvalue weighted by Gasteiger charge is -2.08. The van der Waals surface area contributed by atoms with Gasteiger partial charge in [-0.15, -0.1) is 6.58 Å². The number of nitrogens with two attached hydrogens (primary N) is 1. The van der Waals surface area contributed by atoms with Crippen LogP contribution in [0.3, 0.4) is 0 Å². The van der Waals surface area contributed by atoms with Crippen LogP contribution >= 0.6 is 15.9 Å². The molecule has 0 aromatic heterocycles. The molecular formula is C10H13BrN2O2S. The largest absolute Gasteiger partial charge is 0.398 e. The summed E-state index contributed by atoms with van der Waals surface area (Å²) in [6.07, 6.45) is 2.23. The maximum atomic E-state index is 11.8. The zero-order valence-electron chi connectivity index (χ0n) is 8.61. The third-order valence-electron chi connectivity index (χ3n) is 1.90. The van der Waals surface area contributed by atoms with E-state index in [9.17, 15) is 8.42 Å². The van der Waals surface area contributed by atoms with Gasteiger partial charge in [0.25, 0.3) is 0 Å². The molecule has 0 heterocycles. The Morgan fingerprint density at radius 1 is 1.50 bits per heavy atom. The Morgan fingerprint density at radius 3 is 2.75 bits per heavy atom. The number of hydrogen-bond donors (Lipinski definition) is 2. The number of halogens is 1. The van der Waals surface area contributed by atoms with Gasteiger partial charge in [-0.2, -0.15) is 0 Å². The number of benzene rings is 1. The first kappa shape index (κ1) is 13.2. The molecule has 0 unspecified atom stereocenters. The summed E-state index contributed by atoms with van der Waals surface area (Å²) in [6.45, 7) is 3.84. The number of sulfonamides is 1. The molecule has 1 rings (SSSR count). The third-order valence-corrected chi connectivity index (χ3v) is 3.93. The van der Waals surface area contributed by atoms with Gasteiger partial charge in [0.2, 0.25) is 10.0 Å². The van der Waals surface area contributed by atoms with E-state index in [1.54, 1.807) is 18.2 Å². The molecule has 0 aliphatic heterocycles. The molecule has 88 valence electrons. The summed E-state index contributed by atoms with van der Waals surface area (Å²) in [7, 11) is -3.52. The summed E-state index contributed by atoms with van der Waals surface area (Å²) in [5.41, 5.74) is 5.87. The Hall–Kier alpha value is -0.850. The molecule has 0 aliphatic carbocycles. The smallest absolute Gasteiger partial charge is 0.242 e. The van der Waals surface area contributed by atoms with Crippen molar-refractivity contribution in [2.24, 2.45) is 0 Å². The van der Waals surface area contributed by atoms with Crippen molar-refractivity contribution < 1.29 is 8.42 Å². The molecule has 1 aromatic rings. The molecule has 6 heteroatoms. The average molecular weight is 305 g/mol. The average Bonchev–Trinajstić information content (AvgIpc) is 2.17. The molecule has 1 aromatic carbocycles. The lowest BCUT2D eigenvalue weighted by molar-refractivity contribution is 0.582. The second kappa shape index (κ2) is 5.47. The Balaban J connectivity index is 2.94. The number of rotatable bonds is 5. The highest BCUT2D eigenvalue weighted by molar-refractivity contribution is 9.10. The molecule has 0 atom stereocenters. The highest BCUT2D eigenvalue weighted by Crippen LogP contribution is 2.22. The van der Waals surface area contributed by atoms with Gasteiger partial charge in [-0.05, 0) is 24.6 Å². The van der Waals surface area contributed by atoms with E-state index in [0.29, 0.717) is 13.0 Å². The molecule has 0 fully saturated rings. The predicted octanol–water partition coefficient (Wildman–Crippen LogP) is 1.89. The van der Waals surface area contributed by atoms with Crippen LogP contribution in [-0.2, 0) is 10.0 Å². The fraction of sp³-hybridized carbons (Fsp3) is 0.200. The van der Waals surface area contributed by atoms with Crippen LogP contribution in [0, 0.1) is 0 Å². The van der Waals surface area contributed by atoms with E-state index >= 15 is 0 Å². The monoisotopic (exact) mass is 304 g/mol. The van der Waals surface area contributed by atoms with Crippen molar-refractivity contribution in [3.05, 3.63) is 35.3 Å². The maximum absolute atomic E-state index is 11.8. The van der Waals surface area contributed by atoms with Gasteiger partial charge < -0.3 is 5.73 Å². The Bertz CT molecular complexity index is 486. The van der Waals surface area contributed by atoms with Crippen molar-refractivity contribution in [2.45, 2.75) is 11.3 Å². The molecule has 4 nitrogen and oxygen atoms in total. The SMILES string of the molecule is C=CCCNS(=O)(=O)c1ccc(Br)cc1N. The first-order chi connectivity index (χ1) is 7.47. The quantitative estimate of drug-likeness (QED) is 0.496. The van der Waals surface area contributed by atoms with Crippen LogP contribution in [0.4, 0.5) is 5.69 Å². The van der Waals surface area contributed by atoms with Crippen LogP contribution in [0.25, 0.3) is 0 Å². The summed E-state index contributed by atoms with van der Waals surface area (Å²) < 4.78 is 26.8. The summed E-state index contributed by atoms with van der Waals surface area (Å²) in [5, 5.41) is 0. The predicted molar refractivity (Wildman–Crippen MR) is 68.6 cm³/mol. The van der Waals surface area contributed by atoms with Gasteiger partial charge in [0.15, 0.2) is 0 Å². The van der Waals surface area contributed by atoms with Gasteiger partial charge in [0, 0.05) is 11.0 Å². The molecule has 0 radical (unpaired) electrons. The minimum Gasteiger partial charge on any atom is -0.398 e. The molecular weight excluding hydrogens is 292 g/mol. The molecule has 0 amide bonds. The van der Waals surface area contributed by atoms with Gasteiger partial charge >= 0.3 is 0 Å². The van der Waals surface area contributed by atoms with Crippen molar-refractivity contribution in [1.29, 1.82) is 0 Å². The second-order valence-corrected chi connectivity index (χ2v) is 5.81. The van der Waals surface area contributed by atoms with Crippen molar-refractivity contribution in [3.8, 4) is 0 Å². The van der Waals surface area contributed by atoms with Crippen LogP contribution in [-0.4, -0.2) is 15.0 Å². The number of hydrogen-bond acceptors (Lipinski definition) is 3. The van der Waals surface area contributed by atoms with E-state index in [1.807, 2.05) is 0 Å². The Kier molecular flexibility index (Phi) is 4.52. The second-order valence-electron chi connectivity index (χ2n) is 3.16.